The van der Waals surface area contributed by atoms with Crippen molar-refractivity contribution in [2.75, 3.05) is 37.6 Å². The molecule has 0 bridgehead atoms. The summed E-state index contributed by atoms with van der Waals surface area (Å²) in [4.78, 5) is 28.2. The van der Waals surface area contributed by atoms with Crippen LogP contribution in [-0.4, -0.2) is 49.6 Å². The topological polar surface area (TPSA) is 88.5 Å². The van der Waals surface area contributed by atoms with Crippen LogP contribution in [0.1, 0.15) is 41.3 Å². The van der Waals surface area contributed by atoms with Crippen molar-refractivity contribution in [1.82, 2.24) is 15.5 Å². The molecule has 3 rings (SSSR count). The predicted octanol–water partition coefficient (Wildman–Crippen LogP) is 3.26. The number of rotatable bonds is 7. The molecule has 1 heterocycles. The number of unbranched alkanes of at least 4 members (excludes halogenated alkanes) is 1. The second-order valence-electron chi connectivity index (χ2n) is 7.68. The first-order chi connectivity index (χ1) is 15.5. The molecule has 3 amide bonds. The number of amides is 3. The van der Waals surface area contributed by atoms with Gasteiger partial charge >= 0.3 is 6.03 Å². The van der Waals surface area contributed by atoms with Gasteiger partial charge in [0, 0.05) is 44.8 Å². The Bertz CT molecular complexity index is 979. The number of nitriles is 1. The minimum atomic E-state index is -0.533. The second kappa shape index (κ2) is 11.1. The third-order valence-corrected chi connectivity index (χ3v) is 5.49. The van der Waals surface area contributed by atoms with Crippen molar-refractivity contribution < 1.29 is 14.0 Å². The van der Waals surface area contributed by atoms with Crippen molar-refractivity contribution in [2.45, 2.75) is 26.3 Å². The van der Waals surface area contributed by atoms with Gasteiger partial charge < -0.3 is 20.4 Å². The van der Waals surface area contributed by atoms with Crippen LogP contribution in [0.2, 0.25) is 0 Å². The zero-order chi connectivity index (χ0) is 22.9. The molecule has 0 spiro atoms. The van der Waals surface area contributed by atoms with Gasteiger partial charge in [0.25, 0.3) is 5.91 Å². The zero-order valence-corrected chi connectivity index (χ0v) is 18.2. The molecule has 2 N–H and O–H groups in total. The number of halogens is 1. The van der Waals surface area contributed by atoms with E-state index in [4.69, 9.17) is 0 Å². The maximum atomic E-state index is 13.9. The summed E-state index contributed by atoms with van der Waals surface area (Å²) in [6, 6.07) is 13.5. The lowest BCUT2D eigenvalue weighted by Gasteiger charge is -2.36. The number of benzene rings is 2. The number of piperazine rings is 1. The standard InChI is InChI=1S/C24H28FN5O2/c1-2-3-11-27-23(31)19-9-7-18(8-10-19)17-28-24(32)30-14-12-29(13-15-30)22-6-4-5-21(25)20(22)16-26/h4-10H,2-3,11-15,17H2,1H3,(H,27,31)(H,28,32). The average molecular weight is 438 g/mol. The molecule has 168 valence electrons. The van der Waals surface area contributed by atoms with Crippen LogP contribution in [0.4, 0.5) is 14.9 Å². The summed E-state index contributed by atoms with van der Waals surface area (Å²) < 4.78 is 13.9. The molecule has 1 aliphatic heterocycles. The summed E-state index contributed by atoms with van der Waals surface area (Å²) in [5.74, 6) is -0.626. The van der Waals surface area contributed by atoms with Gasteiger partial charge in [-0.1, -0.05) is 31.5 Å². The molecule has 7 nitrogen and oxygen atoms in total. The Morgan fingerprint density at radius 2 is 1.78 bits per heavy atom. The molecule has 2 aromatic carbocycles. The van der Waals surface area contributed by atoms with Gasteiger partial charge in [0.2, 0.25) is 0 Å². The molecule has 0 saturated carbocycles. The minimum absolute atomic E-state index is 0.0351. The molecule has 0 aliphatic carbocycles. The van der Waals surface area contributed by atoms with Gasteiger partial charge in [0.1, 0.15) is 17.4 Å². The van der Waals surface area contributed by atoms with Crippen LogP contribution >= 0.6 is 0 Å². The lowest BCUT2D eigenvalue weighted by Crippen LogP contribution is -2.51. The summed E-state index contributed by atoms with van der Waals surface area (Å²) >= 11 is 0. The van der Waals surface area contributed by atoms with Crippen molar-refractivity contribution in [3.05, 3.63) is 65.0 Å². The Morgan fingerprint density at radius 1 is 1.06 bits per heavy atom. The van der Waals surface area contributed by atoms with E-state index in [0.29, 0.717) is 50.5 Å². The molecule has 0 radical (unpaired) electrons. The van der Waals surface area contributed by atoms with E-state index in [1.165, 1.54) is 6.07 Å². The third-order valence-electron chi connectivity index (χ3n) is 5.49. The molecule has 0 atom stereocenters. The molecule has 2 aromatic rings. The molecule has 0 aromatic heterocycles. The van der Waals surface area contributed by atoms with Crippen molar-refractivity contribution >= 4 is 17.6 Å². The Balaban J connectivity index is 1.47. The lowest BCUT2D eigenvalue weighted by molar-refractivity contribution is 0.0953. The van der Waals surface area contributed by atoms with E-state index in [9.17, 15) is 19.2 Å². The van der Waals surface area contributed by atoms with Crippen LogP contribution in [-0.2, 0) is 6.54 Å². The summed E-state index contributed by atoms with van der Waals surface area (Å²) in [6.45, 7) is 5.09. The van der Waals surface area contributed by atoms with Crippen LogP contribution in [0, 0.1) is 17.1 Å². The first-order valence-electron chi connectivity index (χ1n) is 10.9. The number of hydrogen-bond donors (Lipinski definition) is 2. The van der Waals surface area contributed by atoms with Crippen LogP contribution in [0.25, 0.3) is 0 Å². The van der Waals surface area contributed by atoms with Gasteiger partial charge in [-0.3, -0.25) is 4.79 Å². The van der Waals surface area contributed by atoms with E-state index in [-0.39, 0.29) is 17.5 Å². The Labute approximate surface area is 187 Å². The number of nitrogens with one attached hydrogen (secondary N) is 2. The zero-order valence-electron chi connectivity index (χ0n) is 18.2. The van der Waals surface area contributed by atoms with Crippen LogP contribution in [0.3, 0.4) is 0 Å². The average Bonchev–Trinajstić information content (AvgIpc) is 2.83. The van der Waals surface area contributed by atoms with E-state index < -0.39 is 5.82 Å². The number of carbonyl (C=O) groups excluding carboxylic acids is 2. The number of carbonyl (C=O) groups is 2. The molecule has 0 unspecified atom stereocenters. The van der Waals surface area contributed by atoms with E-state index in [0.717, 1.165) is 18.4 Å². The lowest BCUT2D eigenvalue weighted by atomic mass is 10.1. The normalized spacial score (nSPS) is 13.4. The van der Waals surface area contributed by atoms with Gasteiger partial charge in [-0.25, -0.2) is 9.18 Å². The summed E-state index contributed by atoms with van der Waals surface area (Å²) in [5, 5.41) is 15.0. The predicted molar refractivity (Wildman–Crippen MR) is 121 cm³/mol. The highest BCUT2D eigenvalue weighted by Gasteiger charge is 2.23. The number of anilines is 1. The van der Waals surface area contributed by atoms with Gasteiger partial charge in [-0.05, 0) is 36.2 Å². The fraction of sp³-hybridized carbons (Fsp3) is 0.375. The van der Waals surface area contributed by atoms with Gasteiger partial charge in [-0.2, -0.15) is 5.26 Å². The van der Waals surface area contributed by atoms with Crippen molar-refractivity contribution in [3.8, 4) is 6.07 Å². The molecule has 1 fully saturated rings. The van der Waals surface area contributed by atoms with Crippen molar-refractivity contribution in [3.63, 3.8) is 0 Å². The highest BCUT2D eigenvalue weighted by molar-refractivity contribution is 5.94. The Hall–Kier alpha value is -3.60. The Morgan fingerprint density at radius 3 is 2.44 bits per heavy atom. The molecule has 32 heavy (non-hydrogen) atoms. The number of hydrogen-bond acceptors (Lipinski definition) is 4. The smallest absolute Gasteiger partial charge is 0.317 e. The minimum Gasteiger partial charge on any atom is -0.367 e. The van der Waals surface area contributed by atoms with Gasteiger partial charge in [-0.15, -0.1) is 0 Å². The monoisotopic (exact) mass is 437 g/mol. The van der Waals surface area contributed by atoms with Crippen molar-refractivity contribution in [2.24, 2.45) is 0 Å². The summed E-state index contributed by atoms with van der Waals surface area (Å²) in [5.41, 5.74) is 2.10. The molecular formula is C24H28FN5O2. The maximum absolute atomic E-state index is 13.9. The summed E-state index contributed by atoms with van der Waals surface area (Å²) in [6.07, 6.45) is 1.98. The van der Waals surface area contributed by atoms with E-state index in [2.05, 4.69) is 17.6 Å². The molecule has 1 saturated heterocycles. The largest absolute Gasteiger partial charge is 0.367 e. The second-order valence-corrected chi connectivity index (χ2v) is 7.68. The number of urea groups is 1. The number of nitrogens with zero attached hydrogens (tertiary/aromatic N) is 3. The Kier molecular flexibility index (Phi) is 8.03. The third kappa shape index (κ3) is 5.76. The van der Waals surface area contributed by atoms with E-state index >= 15 is 0 Å². The maximum Gasteiger partial charge on any atom is 0.317 e. The van der Waals surface area contributed by atoms with E-state index in [1.54, 1.807) is 29.2 Å². The van der Waals surface area contributed by atoms with Crippen molar-refractivity contribution in [1.29, 1.82) is 5.26 Å². The first kappa shape index (κ1) is 23.1. The highest BCUT2D eigenvalue weighted by Crippen LogP contribution is 2.23. The molecular weight excluding hydrogens is 409 g/mol. The highest BCUT2D eigenvalue weighted by atomic mass is 19.1. The molecule has 1 aliphatic rings. The van der Waals surface area contributed by atoms with Crippen LogP contribution < -0.4 is 15.5 Å². The van der Waals surface area contributed by atoms with Gasteiger partial charge in [0.05, 0.1) is 5.69 Å². The van der Waals surface area contributed by atoms with Crippen LogP contribution in [0.15, 0.2) is 42.5 Å². The van der Waals surface area contributed by atoms with Crippen LogP contribution in [0.5, 0.6) is 0 Å². The van der Waals surface area contributed by atoms with E-state index in [1.807, 2.05) is 23.1 Å². The molecule has 8 heteroatoms. The SMILES string of the molecule is CCCCNC(=O)c1ccc(CNC(=O)N2CCN(c3cccc(F)c3C#N)CC2)cc1. The quantitative estimate of drug-likeness (QED) is 0.651. The summed E-state index contributed by atoms with van der Waals surface area (Å²) in [7, 11) is 0. The first-order valence-corrected chi connectivity index (χ1v) is 10.9. The van der Waals surface area contributed by atoms with Gasteiger partial charge in [0.15, 0.2) is 0 Å². The fourth-order valence-corrected chi connectivity index (χ4v) is 3.58. The fourth-order valence-electron chi connectivity index (χ4n) is 3.58.